The van der Waals surface area contributed by atoms with Crippen LogP contribution in [0.4, 0.5) is 0 Å². The summed E-state index contributed by atoms with van der Waals surface area (Å²) in [5, 5.41) is 0.274. The van der Waals surface area contributed by atoms with E-state index >= 15 is 0 Å². The fourth-order valence-electron chi connectivity index (χ4n) is 2.28. The Balaban J connectivity index is 2.12. The van der Waals surface area contributed by atoms with Crippen molar-refractivity contribution in [2.45, 2.75) is 30.5 Å². The van der Waals surface area contributed by atoms with E-state index in [4.69, 9.17) is 9.47 Å². The van der Waals surface area contributed by atoms with Crippen molar-refractivity contribution >= 4 is 23.6 Å². The normalized spacial score (nSPS) is 16.0. The Kier molecular flexibility index (Phi) is 6.85. The minimum atomic E-state index is -0.406. The first kappa shape index (κ1) is 17.7. The van der Waals surface area contributed by atoms with E-state index in [1.54, 1.807) is 25.3 Å². The van der Waals surface area contributed by atoms with Crippen molar-refractivity contribution in [3.8, 4) is 0 Å². The number of carbonyl (C=O) groups excluding carboxylic acids is 2. The molecule has 1 aromatic heterocycles. The third-order valence-corrected chi connectivity index (χ3v) is 4.86. The molecule has 1 aliphatic heterocycles. The highest BCUT2D eigenvalue weighted by Gasteiger charge is 2.27. The third-order valence-electron chi connectivity index (χ3n) is 3.49. The van der Waals surface area contributed by atoms with Gasteiger partial charge >= 0.3 is 5.97 Å². The molecule has 7 heteroatoms. The molecule has 23 heavy (non-hydrogen) atoms. The maximum absolute atomic E-state index is 12.6. The van der Waals surface area contributed by atoms with Gasteiger partial charge < -0.3 is 14.4 Å². The molecule has 0 N–H and O–H groups in total. The summed E-state index contributed by atoms with van der Waals surface area (Å²) in [7, 11) is 0. The lowest BCUT2D eigenvalue weighted by atomic mass is 10.2. The van der Waals surface area contributed by atoms with Crippen LogP contribution in [0.25, 0.3) is 0 Å². The molecule has 126 valence electrons. The van der Waals surface area contributed by atoms with Crippen LogP contribution in [0.2, 0.25) is 0 Å². The van der Waals surface area contributed by atoms with Crippen molar-refractivity contribution in [3.63, 3.8) is 0 Å². The molecule has 1 saturated heterocycles. The molecule has 6 nitrogen and oxygen atoms in total. The van der Waals surface area contributed by atoms with Crippen LogP contribution >= 0.6 is 11.8 Å². The fraction of sp³-hybridized carbons (Fsp3) is 0.562. The number of hydrogen-bond acceptors (Lipinski definition) is 6. The third kappa shape index (κ3) is 4.68. The van der Waals surface area contributed by atoms with Crippen molar-refractivity contribution in [1.29, 1.82) is 0 Å². The monoisotopic (exact) mass is 338 g/mol. The molecule has 0 aliphatic carbocycles. The molecule has 2 heterocycles. The summed E-state index contributed by atoms with van der Waals surface area (Å²) in [4.78, 5) is 30.7. The average Bonchev–Trinajstić information content (AvgIpc) is 2.60. The molecule has 1 atom stereocenters. The van der Waals surface area contributed by atoms with Crippen LogP contribution in [0, 0.1) is 0 Å². The van der Waals surface area contributed by atoms with Gasteiger partial charge in [-0.15, -0.1) is 0 Å². The number of aromatic nitrogens is 1. The van der Waals surface area contributed by atoms with Gasteiger partial charge in [0.25, 0.3) is 0 Å². The Morgan fingerprint density at radius 3 is 2.78 bits per heavy atom. The Morgan fingerprint density at radius 2 is 2.13 bits per heavy atom. The molecule has 1 fully saturated rings. The molecule has 2 rings (SSSR count). The number of morpholine rings is 1. The molecule has 0 bridgehead atoms. The van der Waals surface area contributed by atoms with E-state index in [-0.39, 0.29) is 11.2 Å². The van der Waals surface area contributed by atoms with Gasteiger partial charge in [-0.3, -0.25) is 4.79 Å². The first-order chi connectivity index (χ1) is 11.2. The van der Waals surface area contributed by atoms with Crippen LogP contribution in [-0.2, 0) is 14.3 Å². The largest absolute Gasteiger partial charge is 0.462 e. The first-order valence-electron chi connectivity index (χ1n) is 7.82. The van der Waals surface area contributed by atoms with Gasteiger partial charge in [0.05, 0.1) is 30.6 Å². The lowest BCUT2D eigenvalue weighted by molar-refractivity contribution is -0.134. The Labute approximate surface area is 140 Å². The molecule has 1 aromatic rings. The standard InChI is InChI=1S/C16H22N2O4S/c1-3-13(15(19)18-8-10-21-11-9-18)23-14-12(6-5-7-17-14)16(20)22-4-2/h5-7,13H,3-4,8-11H2,1-2H3/t13-/m1/s1. The maximum atomic E-state index is 12.6. The zero-order valence-electron chi connectivity index (χ0n) is 13.5. The lowest BCUT2D eigenvalue weighted by Crippen LogP contribution is -2.44. The second kappa shape index (κ2) is 8.88. The predicted molar refractivity (Wildman–Crippen MR) is 87.5 cm³/mol. The highest BCUT2D eigenvalue weighted by Crippen LogP contribution is 2.28. The maximum Gasteiger partial charge on any atom is 0.340 e. The molecule has 0 spiro atoms. The highest BCUT2D eigenvalue weighted by atomic mass is 32.2. The SMILES string of the molecule is CCOC(=O)c1cccnc1S[C@H](CC)C(=O)N1CCOCC1. The Morgan fingerprint density at radius 1 is 1.39 bits per heavy atom. The van der Waals surface area contributed by atoms with Crippen molar-refractivity contribution in [2.75, 3.05) is 32.9 Å². The van der Waals surface area contributed by atoms with Crippen molar-refractivity contribution in [2.24, 2.45) is 0 Å². The van der Waals surface area contributed by atoms with E-state index in [0.717, 1.165) is 0 Å². The van der Waals surface area contributed by atoms with Gasteiger partial charge in [0.2, 0.25) is 5.91 Å². The van der Waals surface area contributed by atoms with Crippen LogP contribution in [0.1, 0.15) is 30.6 Å². The second-order valence-electron chi connectivity index (χ2n) is 5.03. The van der Waals surface area contributed by atoms with Gasteiger partial charge in [-0.1, -0.05) is 18.7 Å². The van der Waals surface area contributed by atoms with Gasteiger partial charge in [0.15, 0.2) is 0 Å². The number of nitrogens with zero attached hydrogens (tertiary/aromatic N) is 2. The van der Waals surface area contributed by atoms with E-state index in [1.165, 1.54) is 11.8 Å². The summed E-state index contributed by atoms with van der Waals surface area (Å²) >= 11 is 1.33. The second-order valence-corrected chi connectivity index (χ2v) is 6.22. The quantitative estimate of drug-likeness (QED) is 0.584. The highest BCUT2D eigenvalue weighted by molar-refractivity contribution is 8.00. The first-order valence-corrected chi connectivity index (χ1v) is 8.70. The average molecular weight is 338 g/mol. The van der Waals surface area contributed by atoms with Crippen molar-refractivity contribution in [1.82, 2.24) is 9.88 Å². The van der Waals surface area contributed by atoms with E-state index in [1.807, 2.05) is 11.8 Å². The number of carbonyl (C=O) groups is 2. The van der Waals surface area contributed by atoms with Crippen LogP contribution in [0.15, 0.2) is 23.4 Å². The summed E-state index contributed by atoms with van der Waals surface area (Å²) < 4.78 is 10.3. The van der Waals surface area contributed by atoms with E-state index in [0.29, 0.717) is 49.9 Å². The number of rotatable bonds is 6. The van der Waals surface area contributed by atoms with Gasteiger partial charge in [-0.25, -0.2) is 9.78 Å². The van der Waals surface area contributed by atoms with Crippen LogP contribution in [0.5, 0.6) is 0 Å². The molecule has 0 unspecified atom stereocenters. The number of pyridine rings is 1. The van der Waals surface area contributed by atoms with Gasteiger partial charge in [0, 0.05) is 19.3 Å². The molecular formula is C16H22N2O4S. The van der Waals surface area contributed by atoms with Gasteiger partial charge in [0.1, 0.15) is 5.03 Å². The number of esters is 1. The Bertz CT molecular complexity index is 547. The summed E-state index contributed by atoms with van der Waals surface area (Å²) in [6.45, 7) is 6.41. The van der Waals surface area contributed by atoms with E-state index in [2.05, 4.69) is 4.98 Å². The van der Waals surface area contributed by atoms with Gasteiger partial charge in [-0.05, 0) is 25.5 Å². The predicted octanol–water partition coefficient (Wildman–Crippen LogP) is 1.99. The minimum Gasteiger partial charge on any atom is -0.462 e. The molecule has 0 aromatic carbocycles. The minimum absolute atomic E-state index is 0.0706. The summed E-state index contributed by atoms with van der Waals surface area (Å²) in [5.41, 5.74) is 0.410. The summed E-state index contributed by atoms with van der Waals surface area (Å²) in [6.07, 6.45) is 2.29. The number of thioether (sulfide) groups is 1. The van der Waals surface area contributed by atoms with E-state index in [9.17, 15) is 9.59 Å². The molecule has 1 amide bonds. The van der Waals surface area contributed by atoms with Crippen LogP contribution in [0.3, 0.4) is 0 Å². The molecular weight excluding hydrogens is 316 g/mol. The summed E-state index contributed by atoms with van der Waals surface area (Å²) in [6, 6.07) is 3.38. The smallest absolute Gasteiger partial charge is 0.340 e. The number of hydrogen-bond donors (Lipinski definition) is 0. The van der Waals surface area contributed by atoms with Crippen molar-refractivity contribution < 1.29 is 19.1 Å². The Hall–Kier alpha value is -1.60. The number of ether oxygens (including phenoxy) is 2. The molecule has 0 radical (unpaired) electrons. The zero-order valence-corrected chi connectivity index (χ0v) is 14.3. The molecule has 0 saturated carbocycles. The fourth-order valence-corrected chi connectivity index (χ4v) is 3.37. The zero-order chi connectivity index (χ0) is 16.7. The lowest BCUT2D eigenvalue weighted by Gasteiger charge is -2.29. The number of amides is 1. The van der Waals surface area contributed by atoms with Crippen LogP contribution < -0.4 is 0 Å². The topological polar surface area (TPSA) is 68.7 Å². The van der Waals surface area contributed by atoms with Gasteiger partial charge in [-0.2, -0.15) is 0 Å². The van der Waals surface area contributed by atoms with Crippen LogP contribution in [-0.4, -0.2) is 59.9 Å². The van der Waals surface area contributed by atoms with E-state index < -0.39 is 5.97 Å². The van der Waals surface area contributed by atoms with Crippen molar-refractivity contribution in [3.05, 3.63) is 23.9 Å². The summed E-state index contributed by atoms with van der Waals surface area (Å²) in [5.74, 6) is -0.335. The molecule has 1 aliphatic rings.